The molecule has 7 heteroatoms. The second kappa shape index (κ2) is 20.5. The van der Waals surface area contributed by atoms with Gasteiger partial charge in [0.1, 0.15) is 0 Å². The minimum atomic E-state index is -1.30. The summed E-state index contributed by atoms with van der Waals surface area (Å²) in [6, 6.07) is 0. The van der Waals surface area contributed by atoms with E-state index in [1.807, 2.05) is 0 Å². The van der Waals surface area contributed by atoms with Crippen molar-refractivity contribution < 1.29 is 20.4 Å². The van der Waals surface area contributed by atoms with Crippen molar-refractivity contribution in [3.8, 4) is 0 Å². The van der Waals surface area contributed by atoms with Gasteiger partial charge in [-0.05, 0) is 23.3 Å². The van der Waals surface area contributed by atoms with Gasteiger partial charge in [-0.3, -0.25) is 0 Å². The molecule has 2 aliphatic carbocycles. The van der Waals surface area contributed by atoms with Crippen LogP contribution in [0.2, 0.25) is 0 Å². The fraction of sp³-hybridized carbons (Fsp3) is 0.273. The van der Waals surface area contributed by atoms with Crippen molar-refractivity contribution in [2.24, 2.45) is 0 Å². The molecule has 0 aromatic heterocycles. The van der Waals surface area contributed by atoms with Crippen LogP contribution in [-0.2, 0) is 0 Å². The molecule has 0 spiro atoms. The van der Waals surface area contributed by atoms with E-state index in [1.54, 1.807) is 24.3 Å². The van der Waals surface area contributed by atoms with Crippen molar-refractivity contribution in [3.05, 3.63) is 85.5 Å². The molecule has 0 aromatic rings. The molecule has 6 nitrogen and oxygen atoms in total. The van der Waals surface area contributed by atoms with Gasteiger partial charge in [-0.15, -0.1) is 0 Å². The maximum atomic E-state index is 10.2. The molecular weight excluding hydrogens is 475 g/mol. The standard InChI is InChI=1S/2C7H7NO2.2C4H9.Sn/c2*8-6-4-2-1-3-5(6)7(9)10;2*1-3-4-2;/h2*1-4,8-10H;2*1,3-4H2,2H3;/q;;2*-1;+4/p-4. The van der Waals surface area contributed by atoms with Gasteiger partial charge in [0.15, 0.2) is 0 Å². The Morgan fingerprint density at radius 1 is 0.690 bits per heavy atom. The second-order valence-electron chi connectivity index (χ2n) is 5.37. The SMILES string of the molecule is N=C1C=CC=CC1=C([O-])[O-].N=C1C=CC=CC1=C([O-])[O-].[CH2-]CCC.[CH2-]CCC.[Sn+4]. The number of rotatable bonds is 2. The van der Waals surface area contributed by atoms with Crippen LogP contribution >= 0.6 is 0 Å². The zero-order valence-electron chi connectivity index (χ0n) is 17.0. The fourth-order valence-corrected chi connectivity index (χ4v) is 1.32. The molecule has 0 bridgehead atoms. The van der Waals surface area contributed by atoms with Gasteiger partial charge < -0.3 is 45.1 Å². The minimum absolute atomic E-state index is 0. The third-order valence-electron chi connectivity index (χ3n) is 3.00. The maximum absolute atomic E-state index is 10.2. The fourth-order valence-electron chi connectivity index (χ4n) is 1.32. The second-order valence-corrected chi connectivity index (χ2v) is 5.37. The Morgan fingerprint density at radius 3 is 1.07 bits per heavy atom. The summed E-state index contributed by atoms with van der Waals surface area (Å²) in [5, 5.41) is 54.9. The molecular formula is C22H28N2O4Sn-2. The van der Waals surface area contributed by atoms with Gasteiger partial charge in [-0.2, -0.15) is 24.7 Å². The van der Waals surface area contributed by atoms with Crippen LogP contribution in [0.1, 0.15) is 39.5 Å². The first-order valence-electron chi connectivity index (χ1n) is 8.89. The van der Waals surface area contributed by atoms with Gasteiger partial charge in [0.25, 0.3) is 0 Å². The van der Waals surface area contributed by atoms with E-state index in [1.165, 1.54) is 37.1 Å². The van der Waals surface area contributed by atoms with Crippen LogP contribution in [0.5, 0.6) is 0 Å². The van der Waals surface area contributed by atoms with Crippen molar-refractivity contribution in [2.45, 2.75) is 39.5 Å². The quantitative estimate of drug-likeness (QED) is 0.330. The van der Waals surface area contributed by atoms with Crippen LogP contribution in [0.3, 0.4) is 0 Å². The van der Waals surface area contributed by atoms with Gasteiger partial charge in [0.05, 0.1) is 11.4 Å². The maximum Gasteiger partial charge on any atom is 4.00 e. The Balaban J connectivity index is -0.000000336. The van der Waals surface area contributed by atoms with E-state index in [-0.39, 0.29) is 46.5 Å². The number of nitrogens with one attached hydrogen (secondary N) is 2. The molecule has 0 saturated carbocycles. The first-order valence-corrected chi connectivity index (χ1v) is 8.89. The van der Waals surface area contributed by atoms with Crippen molar-refractivity contribution in [2.75, 3.05) is 0 Å². The minimum Gasteiger partial charge on any atom is -0.883 e. The molecule has 2 aliphatic rings. The molecule has 0 heterocycles. The molecule has 0 unspecified atom stereocenters. The van der Waals surface area contributed by atoms with E-state index in [4.69, 9.17) is 10.8 Å². The van der Waals surface area contributed by atoms with Crippen LogP contribution in [-0.4, -0.2) is 35.3 Å². The molecule has 2 rings (SSSR count). The van der Waals surface area contributed by atoms with Crippen LogP contribution in [0, 0.1) is 24.7 Å². The number of unbranched alkanes of at least 4 members (excludes halogenated alkanes) is 2. The van der Waals surface area contributed by atoms with Gasteiger partial charge in [0, 0.05) is 0 Å². The molecule has 0 fully saturated rings. The van der Waals surface area contributed by atoms with Crippen molar-refractivity contribution in [1.29, 1.82) is 10.8 Å². The summed E-state index contributed by atoms with van der Waals surface area (Å²) in [4.78, 5) is 0. The van der Waals surface area contributed by atoms with Crippen LogP contribution in [0.25, 0.3) is 0 Å². The summed E-state index contributed by atoms with van der Waals surface area (Å²) in [7, 11) is 0. The number of hydrogen-bond donors (Lipinski definition) is 2. The zero-order valence-corrected chi connectivity index (χ0v) is 19.8. The Morgan fingerprint density at radius 2 is 0.931 bits per heavy atom. The van der Waals surface area contributed by atoms with Crippen LogP contribution < -0.4 is 20.4 Å². The molecule has 156 valence electrons. The molecule has 29 heavy (non-hydrogen) atoms. The average Bonchev–Trinajstić information content (AvgIpc) is 2.69. The molecule has 0 radical (unpaired) electrons. The smallest absolute Gasteiger partial charge is 0.883 e. The third kappa shape index (κ3) is 16.4. The molecule has 0 aliphatic heterocycles. The first kappa shape index (κ1) is 31.5. The van der Waals surface area contributed by atoms with Gasteiger partial charge in [-0.1, -0.05) is 63.1 Å². The van der Waals surface area contributed by atoms with Crippen LogP contribution in [0.4, 0.5) is 0 Å². The van der Waals surface area contributed by atoms with Crippen LogP contribution in [0.15, 0.2) is 71.6 Å². The zero-order chi connectivity index (χ0) is 21.9. The van der Waals surface area contributed by atoms with E-state index in [2.05, 4.69) is 27.7 Å². The van der Waals surface area contributed by atoms with Gasteiger partial charge in [-0.25, -0.2) is 0 Å². The van der Waals surface area contributed by atoms with Gasteiger partial charge in [0.2, 0.25) is 0 Å². The summed E-state index contributed by atoms with van der Waals surface area (Å²) in [5.74, 6) is -2.60. The number of hydrogen-bond acceptors (Lipinski definition) is 6. The average molecular weight is 503 g/mol. The van der Waals surface area contributed by atoms with Crippen molar-refractivity contribution >= 4 is 35.3 Å². The Kier molecular flexibility index (Phi) is 22.3. The molecule has 0 atom stereocenters. The Bertz CT molecular complexity index is 602. The van der Waals surface area contributed by atoms with E-state index in [9.17, 15) is 20.4 Å². The first-order chi connectivity index (χ1) is 13.3. The Hall–Kier alpha value is -2.22. The molecule has 0 aromatic carbocycles. The van der Waals surface area contributed by atoms with Crippen molar-refractivity contribution in [1.82, 2.24) is 0 Å². The topological polar surface area (TPSA) is 140 Å². The summed E-state index contributed by atoms with van der Waals surface area (Å²) < 4.78 is 0. The summed E-state index contributed by atoms with van der Waals surface area (Å²) in [5.41, 5.74) is -0.157. The normalized spacial score (nSPS) is 13.1. The number of allylic oxidation sites excluding steroid dienone is 10. The van der Waals surface area contributed by atoms with E-state index < -0.39 is 11.9 Å². The molecule has 0 amide bonds. The van der Waals surface area contributed by atoms with Gasteiger partial charge >= 0.3 is 23.9 Å². The summed E-state index contributed by atoms with van der Waals surface area (Å²) in [6.45, 7) is 11.4. The monoisotopic (exact) mass is 504 g/mol. The summed E-state index contributed by atoms with van der Waals surface area (Å²) in [6.07, 6.45) is 16.4. The van der Waals surface area contributed by atoms with Crippen molar-refractivity contribution in [3.63, 3.8) is 0 Å². The summed E-state index contributed by atoms with van der Waals surface area (Å²) >= 11 is 0. The largest absolute Gasteiger partial charge is 4.00 e. The van der Waals surface area contributed by atoms with E-state index in [0.717, 1.165) is 12.8 Å². The molecule has 0 saturated heterocycles. The third-order valence-corrected chi connectivity index (χ3v) is 3.00. The van der Waals surface area contributed by atoms with E-state index in [0.29, 0.717) is 0 Å². The Labute approximate surface area is 191 Å². The van der Waals surface area contributed by atoms with E-state index >= 15 is 0 Å². The molecule has 2 N–H and O–H groups in total. The predicted octanol–water partition coefficient (Wildman–Crippen LogP) is 0.989. The predicted molar refractivity (Wildman–Crippen MR) is 112 cm³/mol.